The van der Waals surface area contributed by atoms with Crippen LogP contribution >= 0.6 is 0 Å². The largest absolute Gasteiger partial charge is 0.439 e. The molecular formula is C26H29N5O2. The SMILES string of the molecule is CC(C)(C)Nc1nc(Oc2cccc(NC(=O)c3cccc(C(C)(C)C#N)c3)c2)ccc1N. The second-order valence-corrected chi connectivity index (χ2v) is 9.36. The minimum absolute atomic E-state index is 0.205. The number of pyridine rings is 1. The van der Waals surface area contributed by atoms with Crippen molar-refractivity contribution in [3.8, 4) is 17.7 Å². The van der Waals surface area contributed by atoms with E-state index >= 15 is 0 Å². The Bertz CT molecular complexity index is 1210. The number of hydrogen-bond acceptors (Lipinski definition) is 6. The van der Waals surface area contributed by atoms with Gasteiger partial charge in [-0.05, 0) is 70.5 Å². The summed E-state index contributed by atoms with van der Waals surface area (Å²) in [5, 5.41) is 15.5. The Morgan fingerprint density at radius 3 is 2.45 bits per heavy atom. The van der Waals surface area contributed by atoms with Crippen molar-refractivity contribution in [2.24, 2.45) is 0 Å². The standard InChI is InChI=1S/C26H29N5O2/c1-25(2,3)31-23-21(28)12-13-22(30-23)33-20-11-7-10-19(15-20)29-24(32)17-8-6-9-18(14-17)26(4,5)16-27/h6-15H,28H2,1-5H3,(H,29,32)(H,30,31). The summed E-state index contributed by atoms with van der Waals surface area (Å²) >= 11 is 0. The quantitative estimate of drug-likeness (QED) is 0.449. The van der Waals surface area contributed by atoms with E-state index in [4.69, 9.17) is 10.5 Å². The molecule has 0 saturated heterocycles. The highest BCUT2D eigenvalue weighted by molar-refractivity contribution is 6.04. The minimum atomic E-state index is -0.684. The molecule has 0 spiro atoms. The number of carbonyl (C=O) groups is 1. The lowest BCUT2D eigenvalue weighted by atomic mass is 9.85. The average molecular weight is 444 g/mol. The van der Waals surface area contributed by atoms with Crippen LogP contribution in [0, 0.1) is 11.3 Å². The molecule has 1 heterocycles. The van der Waals surface area contributed by atoms with Gasteiger partial charge in [0.15, 0.2) is 5.82 Å². The number of ether oxygens (including phenoxy) is 1. The molecule has 170 valence electrons. The highest BCUT2D eigenvalue weighted by atomic mass is 16.5. The van der Waals surface area contributed by atoms with Gasteiger partial charge in [-0.3, -0.25) is 4.79 Å². The molecule has 3 aromatic rings. The van der Waals surface area contributed by atoms with Gasteiger partial charge in [-0.25, -0.2) is 0 Å². The first-order chi connectivity index (χ1) is 15.5. The molecule has 7 heteroatoms. The van der Waals surface area contributed by atoms with Gasteiger partial charge in [0.05, 0.1) is 17.2 Å². The smallest absolute Gasteiger partial charge is 0.255 e. The van der Waals surface area contributed by atoms with Crippen molar-refractivity contribution in [3.63, 3.8) is 0 Å². The fraction of sp³-hybridized carbons (Fsp3) is 0.269. The van der Waals surface area contributed by atoms with Gasteiger partial charge in [-0.1, -0.05) is 18.2 Å². The number of aromatic nitrogens is 1. The average Bonchev–Trinajstić information content (AvgIpc) is 2.75. The third-order valence-corrected chi connectivity index (χ3v) is 4.83. The maximum absolute atomic E-state index is 12.8. The number of anilines is 3. The Kier molecular flexibility index (Phi) is 6.59. The lowest BCUT2D eigenvalue weighted by molar-refractivity contribution is 0.102. The van der Waals surface area contributed by atoms with E-state index in [1.54, 1.807) is 54.6 Å². The topological polar surface area (TPSA) is 113 Å². The summed E-state index contributed by atoms with van der Waals surface area (Å²) in [6.07, 6.45) is 0. The maximum atomic E-state index is 12.8. The zero-order chi connectivity index (χ0) is 24.2. The second kappa shape index (κ2) is 9.21. The molecule has 33 heavy (non-hydrogen) atoms. The van der Waals surface area contributed by atoms with Crippen LogP contribution in [-0.4, -0.2) is 16.4 Å². The van der Waals surface area contributed by atoms with Crippen LogP contribution in [0.1, 0.15) is 50.5 Å². The van der Waals surface area contributed by atoms with Crippen LogP contribution in [0.2, 0.25) is 0 Å². The van der Waals surface area contributed by atoms with Crippen LogP contribution in [0.3, 0.4) is 0 Å². The van der Waals surface area contributed by atoms with E-state index in [1.807, 2.05) is 40.7 Å². The van der Waals surface area contributed by atoms with E-state index in [9.17, 15) is 10.1 Å². The predicted molar refractivity (Wildman–Crippen MR) is 132 cm³/mol. The third-order valence-electron chi connectivity index (χ3n) is 4.83. The Hall–Kier alpha value is -4.05. The zero-order valence-corrected chi connectivity index (χ0v) is 19.6. The monoisotopic (exact) mass is 443 g/mol. The molecule has 0 fully saturated rings. The first kappa shape index (κ1) is 23.6. The van der Waals surface area contributed by atoms with Crippen molar-refractivity contribution >= 4 is 23.1 Å². The minimum Gasteiger partial charge on any atom is -0.439 e. The summed E-state index contributed by atoms with van der Waals surface area (Å²) in [5.41, 5.74) is 7.49. The Morgan fingerprint density at radius 1 is 1.03 bits per heavy atom. The van der Waals surface area contributed by atoms with E-state index in [-0.39, 0.29) is 11.4 Å². The van der Waals surface area contributed by atoms with Crippen LogP contribution in [0.15, 0.2) is 60.7 Å². The Labute approximate surface area is 194 Å². The van der Waals surface area contributed by atoms with Gasteiger partial charge in [-0.2, -0.15) is 10.2 Å². The van der Waals surface area contributed by atoms with Gasteiger partial charge in [0.2, 0.25) is 5.88 Å². The fourth-order valence-electron chi connectivity index (χ4n) is 3.04. The van der Waals surface area contributed by atoms with Crippen molar-refractivity contribution < 1.29 is 9.53 Å². The highest BCUT2D eigenvalue weighted by Gasteiger charge is 2.21. The molecule has 0 aliphatic rings. The number of nitrogens with two attached hydrogens (primary N) is 1. The normalized spacial score (nSPS) is 11.4. The molecule has 0 aliphatic carbocycles. The molecule has 0 bridgehead atoms. The van der Waals surface area contributed by atoms with E-state index < -0.39 is 5.41 Å². The summed E-state index contributed by atoms with van der Waals surface area (Å²) in [4.78, 5) is 17.3. The lowest BCUT2D eigenvalue weighted by Gasteiger charge is -2.22. The van der Waals surface area contributed by atoms with E-state index in [2.05, 4.69) is 21.7 Å². The van der Waals surface area contributed by atoms with Crippen LogP contribution in [0.4, 0.5) is 17.2 Å². The van der Waals surface area contributed by atoms with E-state index in [1.165, 1.54) is 0 Å². The summed E-state index contributed by atoms with van der Waals surface area (Å²) in [6, 6.07) is 19.8. The Morgan fingerprint density at radius 2 is 1.76 bits per heavy atom. The summed E-state index contributed by atoms with van der Waals surface area (Å²) in [5.74, 6) is 1.17. The van der Waals surface area contributed by atoms with Crippen LogP contribution in [-0.2, 0) is 5.41 Å². The molecule has 4 N–H and O–H groups in total. The summed E-state index contributed by atoms with van der Waals surface area (Å²) in [7, 11) is 0. The molecule has 1 amide bonds. The van der Waals surface area contributed by atoms with Crippen molar-refractivity contribution in [3.05, 3.63) is 71.8 Å². The summed E-state index contributed by atoms with van der Waals surface area (Å²) in [6.45, 7) is 9.69. The van der Waals surface area contributed by atoms with Crippen LogP contribution < -0.4 is 21.1 Å². The van der Waals surface area contributed by atoms with E-state index in [0.717, 1.165) is 5.56 Å². The number of rotatable bonds is 6. The van der Waals surface area contributed by atoms with Crippen molar-refractivity contribution in [1.29, 1.82) is 5.26 Å². The molecule has 0 unspecified atom stereocenters. The molecule has 0 radical (unpaired) electrons. The molecule has 3 rings (SSSR count). The van der Waals surface area contributed by atoms with Gasteiger partial charge in [0, 0.05) is 28.9 Å². The van der Waals surface area contributed by atoms with Gasteiger partial charge >= 0.3 is 0 Å². The number of nitrogens with one attached hydrogen (secondary N) is 2. The van der Waals surface area contributed by atoms with E-state index in [0.29, 0.717) is 34.4 Å². The van der Waals surface area contributed by atoms with Gasteiger partial charge in [0.25, 0.3) is 5.91 Å². The number of nitriles is 1. The molecule has 0 aliphatic heterocycles. The molecule has 0 saturated carbocycles. The number of amides is 1. The fourth-order valence-corrected chi connectivity index (χ4v) is 3.04. The molecule has 0 atom stereocenters. The third kappa shape index (κ3) is 6.23. The van der Waals surface area contributed by atoms with Crippen molar-refractivity contribution in [2.75, 3.05) is 16.4 Å². The first-order valence-corrected chi connectivity index (χ1v) is 10.6. The van der Waals surface area contributed by atoms with Crippen molar-refractivity contribution in [1.82, 2.24) is 4.98 Å². The molecule has 2 aromatic carbocycles. The summed E-state index contributed by atoms with van der Waals surface area (Å²) < 4.78 is 5.90. The number of benzene rings is 2. The molecule has 1 aromatic heterocycles. The number of hydrogen-bond donors (Lipinski definition) is 3. The van der Waals surface area contributed by atoms with Crippen LogP contribution in [0.25, 0.3) is 0 Å². The van der Waals surface area contributed by atoms with Crippen molar-refractivity contribution in [2.45, 2.75) is 45.6 Å². The first-order valence-electron chi connectivity index (χ1n) is 10.6. The molecule has 7 nitrogen and oxygen atoms in total. The predicted octanol–water partition coefficient (Wildman–Crippen LogP) is 5.72. The zero-order valence-electron chi connectivity index (χ0n) is 19.6. The highest BCUT2D eigenvalue weighted by Crippen LogP contribution is 2.28. The van der Waals surface area contributed by atoms with Gasteiger partial charge in [-0.15, -0.1) is 0 Å². The molecular weight excluding hydrogens is 414 g/mol. The number of nitrogen functional groups attached to an aromatic ring is 1. The number of nitrogens with zero attached hydrogens (tertiary/aromatic N) is 2. The number of carbonyl (C=O) groups excluding carboxylic acids is 1. The Balaban J connectivity index is 1.76. The lowest BCUT2D eigenvalue weighted by Crippen LogP contribution is -2.27. The van der Waals surface area contributed by atoms with Gasteiger partial charge < -0.3 is 21.1 Å². The second-order valence-electron chi connectivity index (χ2n) is 9.36. The maximum Gasteiger partial charge on any atom is 0.255 e. The van der Waals surface area contributed by atoms with Crippen LogP contribution in [0.5, 0.6) is 11.6 Å². The van der Waals surface area contributed by atoms with Gasteiger partial charge in [0.1, 0.15) is 5.75 Å².